The lowest BCUT2D eigenvalue weighted by Crippen LogP contribution is -2.30. The molecule has 2 atom stereocenters. The van der Waals surface area contributed by atoms with Gasteiger partial charge in [0, 0.05) is 13.2 Å². The summed E-state index contributed by atoms with van der Waals surface area (Å²) in [7, 11) is 1.47. The maximum Gasteiger partial charge on any atom is 0.390 e. The fourth-order valence-corrected chi connectivity index (χ4v) is 1.92. The number of aliphatic hydroxyl groups is 1. The molecule has 0 heterocycles. The maximum absolute atomic E-state index is 12.6. The van der Waals surface area contributed by atoms with Crippen molar-refractivity contribution >= 4 is 0 Å². The lowest BCUT2D eigenvalue weighted by atomic mass is 10.0. The van der Waals surface area contributed by atoms with E-state index in [0.29, 0.717) is 18.5 Å². The van der Waals surface area contributed by atoms with Crippen molar-refractivity contribution in [2.75, 3.05) is 20.3 Å². The highest BCUT2D eigenvalue weighted by atomic mass is 19.4. The highest BCUT2D eigenvalue weighted by Crippen LogP contribution is 2.29. The summed E-state index contributed by atoms with van der Waals surface area (Å²) in [4.78, 5) is 0. The van der Waals surface area contributed by atoms with E-state index in [4.69, 9.17) is 4.74 Å². The molecule has 114 valence electrons. The molecule has 0 amide bonds. The first-order chi connectivity index (χ1) is 9.42. The van der Waals surface area contributed by atoms with Crippen molar-refractivity contribution < 1.29 is 23.0 Å². The number of rotatable bonds is 8. The zero-order valence-electron chi connectivity index (χ0n) is 11.4. The van der Waals surface area contributed by atoms with E-state index in [1.165, 1.54) is 7.11 Å². The second-order valence-corrected chi connectivity index (χ2v) is 4.63. The number of hydrogen-bond donors (Lipinski definition) is 2. The number of hydrogen-bond acceptors (Lipinski definition) is 3. The van der Waals surface area contributed by atoms with E-state index >= 15 is 0 Å². The van der Waals surface area contributed by atoms with E-state index in [2.05, 4.69) is 5.32 Å². The van der Waals surface area contributed by atoms with Gasteiger partial charge in [-0.1, -0.05) is 30.3 Å². The number of nitrogens with one attached hydrogen (secondary N) is 1. The Balaban J connectivity index is 2.56. The molecule has 1 aromatic rings. The molecular formula is C14H20F3NO2. The van der Waals surface area contributed by atoms with Crippen LogP contribution in [0.4, 0.5) is 13.2 Å². The summed E-state index contributed by atoms with van der Waals surface area (Å²) in [5, 5.41) is 12.3. The zero-order valence-corrected chi connectivity index (χ0v) is 11.4. The smallest absolute Gasteiger partial charge is 0.390 e. The average Bonchev–Trinajstić information content (AvgIpc) is 2.37. The quantitative estimate of drug-likeness (QED) is 0.773. The minimum absolute atomic E-state index is 0.178. The Kier molecular flexibility index (Phi) is 6.98. The van der Waals surface area contributed by atoms with Crippen LogP contribution in [0.2, 0.25) is 0 Å². The van der Waals surface area contributed by atoms with Gasteiger partial charge in [-0.05, 0) is 18.5 Å². The topological polar surface area (TPSA) is 41.5 Å². The van der Waals surface area contributed by atoms with Gasteiger partial charge in [-0.15, -0.1) is 0 Å². The van der Waals surface area contributed by atoms with Gasteiger partial charge in [0.1, 0.15) is 0 Å². The normalized spacial score (nSPS) is 15.1. The summed E-state index contributed by atoms with van der Waals surface area (Å²) in [6.07, 6.45) is -5.50. The molecule has 2 N–H and O–H groups in total. The van der Waals surface area contributed by atoms with Gasteiger partial charge in [0.15, 0.2) is 0 Å². The van der Waals surface area contributed by atoms with Gasteiger partial charge in [0.05, 0.1) is 19.1 Å². The van der Waals surface area contributed by atoms with E-state index in [0.717, 1.165) is 0 Å². The Morgan fingerprint density at radius 1 is 1.25 bits per heavy atom. The van der Waals surface area contributed by atoms with Gasteiger partial charge in [0.2, 0.25) is 0 Å². The fourth-order valence-electron chi connectivity index (χ4n) is 1.92. The van der Waals surface area contributed by atoms with Crippen molar-refractivity contribution in [3.8, 4) is 0 Å². The van der Waals surface area contributed by atoms with Gasteiger partial charge in [0.25, 0.3) is 0 Å². The largest absolute Gasteiger partial charge is 0.391 e. The highest BCUT2D eigenvalue weighted by molar-refractivity contribution is 5.19. The molecule has 6 heteroatoms. The van der Waals surface area contributed by atoms with Crippen molar-refractivity contribution in [2.45, 2.75) is 31.2 Å². The van der Waals surface area contributed by atoms with E-state index < -0.39 is 24.7 Å². The van der Waals surface area contributed by atoms with Crippen LogP contribution in [0.3, 0.4) is 0 Å². The monoisotopic (exact) mass is 291 g/mol. The van der Waals surface area contributed by atoms with Crippen LogP contribution in [0.15, 0.2) is 30.3 Å². The first-order valence-corrected chi connectivity index (χ1v) is 6.44. The molecule has 0 fully saturated rings. The predicted molar refractivity (Wildman–Crippen MR) is 70.4 cm³/mol. The summed E-state index contributed by atoms with van der Waals surface area (Å²) in [6.45, 7) is 0.469. The van der Waals surface area contributed by atoms with Crippen LogP contribution in [-0.2, 0) is 4.74 Å². The summed E-state index contributed by atoms with van der Waals surface area (Å²) in [6, 6.07) is 7.70. The fraction of sp³-hybridized carbons (Fsp3) is 0.571. The number of alkyl halides is 3. The van der Waals surface area contributed by atoms with Crippen LogP contribution >= 0.6 is 0 Å². The molecule has 2 unspecified atom stereocenters. The Labute approximate surface area is 116 Å². The number of halogens is 3. The summed E-state index contributed by atoms with van der Waals surface area (Å²) < 4.78 is 42.5. The highest BCUT2D eigenvalue weighted by Gasteiger charge is 2.32. The third kappa shape index (κ3) is 6.88. The van der Waals surface area contributed by atoms with E-state index in [1.807, 2.05) is 0 Å². The van der Waals surface area contributed by atoms with Crippen LogP contribution < -0.4 is 5.32 Å². The van der Waals surface area contributed by atoms with Crippen molar-refractivity contribution in [3.05, 3.63) is 35.9 Å². The van der Waals surface area contributed by atoms with Gasteiger partial charge in [-0.3, -0.25) is 0 Å². The SMILES string of the molecule is COCC(O)CCNC(CC(F)(F)F)c1ccccc1. The van der Waals surface area contributed by atoms with Crippen LogP contribution in [0, 0.1) is 0 Å². The molecule has 0 aliphatic carbocycles. The number of aliphatic hydroxyl groups excluding tert-OH is 1. The lowest BCUT2D eigenvalue weighted by Gasteiger charge is -2.21. The molecule has 0 saturated heterocycles. The van der Waals surface area contributed by atoms with E-state index in [-0.39, 0.29) is 6.61 Å². The Morgan fingerprint density at radius 2 is 1.90 bits per heavy atom. The summed E-state index contributed by atoms with van der Waals surface area (Å²) >= 11 is 0. The molecule has 0 saturated carbocycles. The second kappa shape index (κ2) is 8.24. The van der Waals surface area contributed by atoms with Crippen LogP contribution in [-0.4, -0.2) is 37.6 Å². The first-order valence-electron chi connectivity index (χ1n) is 6.44. The minimum atomic E-state index is -4.24. The Bertz CT molecular complexity index is 370. The van der Waals surface area contributed by atoms with E-state index in [9.17, 15) is 18.3 Å². The molecule has 1 rings (SSSR count). The Morgan fingerprint density at radius 3 is 2.45 bits per heavy atom. The second-order valence-electron chi connectivity index (χ2n) is 4.63. The maximum atomic E-state index is 12.6. The zero-order chi connectivity index (χ0) is 15.0. The van der Waals surface area contributed by atoms with Crippen LogP contribution in [0.5, 0.6) is 0 Å². The summed E-state index contributed by atoms with van der Waals surface area (Å²) in [5.74, 6) is 0. The van der Waals surface area contributed by atoms with Crippen molar-refractivity contribution in [1.29, 1.82) is 0 Å². The first kappa shape index (κ1) is 16.9. The lowest BCUT2D eigenvalue weighted by molar-refractivity contribution is -0.140. The van der Waals surface area contributed by atoms with E-state index in [1.54, 1.807) is 30.3 Å². The molecule has 0 bridgehead atoms. The molecule has 3 nitrogen and oxygen atoms in total. The van der Waals surface area contributed by atoms with Crippen LogP contribution in [0.25, 0.3) is 0 Å². The van der Waals surface area contributed by atoms with Crippen molar-refractivity contribution in [2.24, 2.45) is 0 Å². The standard InChI is InChI=1S/C14H20F3NO2/c1-20-10-12(19)7-8-18-13(9-14(15,16)17)11-5-3-2-4-6-11/h2-6,12-13,18-19H,7-10H2,1H3. The number of methoxy groups -OCH3 is 1. The minimum Gasteiger partial charge on any atom is -0.391 e. The third-order valence-electron chi connectivity index (χ3n) is 2.86. The van der Waals surface area contributed by atoms with Gasteiger partial charge < -0.3 is 15.2 Å². The number of ether oxygens (including phenoxy) is 1. The molecule has 0 aromatic heterocycles. The molecular weight excluding hydrogens is 271 g/mol. The van der Waals surface area contributed by atoms with Crippen molar-refractivity contribution in [3.63, 3.8) is 0 Å². The summed E-state index contributed by atoms with van der Waals surface area (Å²) in [5.41, 5.74) is 0.589. The molecule has 20 heavy (non-hydrogen) atoms. The number of benzene rings is 1. The average molecular weight is 291 g/mol. The van der Waals surface area contributed by atoms with Gasteiger partial charge >= 0.3 is 6.18 Å². The third-order valence-corrected chi connectivity index (χ3v) is 2.86. The predicted octanol–water partition coefficient (Wildman–Crippen LogP) is 2.67. The van der Waals surface area contributed by atoms with Gasteiger partial charge in [-0.2, -0.15) is 13.2 Å². The molecule has 0 aliphatic rings. The molecule has 0 aliphatic heterocycles. The van der Waals surface area contributed by atoms with Crippen molar-refractivity contribution in [1.82, 2.24) is 5.32 Å². The van der Waals surface area contributed by atoms with Crippen LogP contribution in [0.1, 0.15) is 24.4 Å². The molecule has 1 aromatic carbocycles. The molecule has 0 radical (unpaired) electrons. The van der Waals surface area contributed by atoms with Gasteiger partial charge in [-0.25, -0.2) is 0 Å². The Hall–Kier alpha value is -1.11. The molecule has 0 spiro atoms.